The number of amides is 1. The van der Waals surface area contributed by atoms with E-state index in [0.29, 0.717) is 22.1 Å². The highest BCUT2D eigenvalue weighted by Crippen LogP contribution is 2.33. The number of thiophene rings is 1. The molecule has 0 saturated heterocycles. The molecule has 4 rings (SSSR count). The minimum atomic E-state index is -0.336. The summed E-state index contributed by atoms with van der Waals surface area (Å²) < 4.78 is 6.34. The van der Waals surface area contributed by atoms with Crippen LogP contribution in [0.2, 0.25) is 0 Å². The average Bonchev–Trinajstić information content (AvgIpc) is 3.22. The molecule has 3 heterocycles. The third-order valence-corrected chi connectivity index (χ3v) is 6.25. The summed E-state index contributed by atoms with van der Waals surface area (Å²) in [5, 5.41) is 12.2. The summed E-state index contributed by atoms with van der Waals surface area (Å²) >= 11 is 2.84. The molecule has 0 spiro atoms. The number of methoxy groups -OCH3 is 1. The molecule has 0 saturated carbocycles. The zero-order valence-corrected chi connectivity index (χ0v) is 15.8. The van der Waals surface area contributed by atoms with Crippen LogP contribution in [0.4, 0.5) is 5.13 Å². The second-order valence-electron chi connectivity index (χ2n) is 6.05. The molecule has 3 aromatic rings. The molecule has 0 radical (unpaired) electrons. The lowest BCUT2D eigenvalue weighted by atomic mass is 9.97. The molecule has 136 valence electrons. The zero-order valence-electron chi connectivity index (χ0n) is 14.2. The van der Waals surface area contributed by atoms with Crippen molar-refractivity contribution < 1.29 is 9.53 Å². The molecule has 26 heavy (non-hydrogen) atoms. The van der Waals surface area contributed by atoms with Gasteiger partial charge >= 0.3 is 0 Å². The summed E-state index contributed by atoms with van der Waals surface area (Å²) in [4.78, 5) is 31.5. The minimum absolute atomic E-state index is 0.106. The number of fused-ring (bicyclic) bond motifs is 3. The van der Waals surface area contributed by atoms with Gasteiger partial charge in [-0.15, -0.1) is 21.5 Å². The maximum atomic E-state index is 12.8. The van der Waals surface area contributed by atoms with E-state index in [4.69, 9.17) is 4.74 Å². The number of anilines is 1. The van der Waals surface area contributed by atoms with Crippen molar-refractivity contribution in [2.45, 2.75) is 38.8 Å². The zero-order chi connectivity index (χ0) is 18.1. The maximum absolute atomic E-state index is 12.8. The highest BCUT2D eigenvalue weighted by molar-refractivity contribution is 7.18. The molecule has 1 amide bonds. The molecule has 8 nitrogen and oxygen atoms in total. The van der Waals surface area contributed by atoms with E-state index in [1.54, 1.807) is 18.4 Å². The molecule has 0 atom stereocenters. The fourth-order valence-electron chi connectivity index (χ4n) is 3.09. The third kappa shape index (κ3) is 3.27. The molecule has 0 aromatic carbocycles. The normalized spacial score (nSPS) is 13.7. The van der Waals surface area contributed by atoms with Gasteiger partial charge in [0.25, 0.3) is 5.56 Å². The lowest BCUT2D eigenvalue weighted by molar-refractivity contribution is -0.116. The number of hydrogen-bond acceptors (Lipinski definition) is 8. The second kappa shape index (κ2) is 7.22. The monoisotopic (exact) mass is 391 g/mol. The molecule has 3 aromatic heterocycles. The first-order valence-corrected chi connectivity index (χ1v) is 9.90. The molecule has 1 aliphatic rings. The van der Waals surface area contributed by atoms with Crippen LogP contribution in [-0.2, 0) is 35.5 Å². The smallest absolute Gasteiger partial charge is 0.262 e. The Bertz CT molecular complexity index is 1020. The Kier molecular flexibility index (Phi) is 4.79. The lowest BCUT2D eigenvalue weighted by Crippen LogP contribution is -2.28. The fraction of sp³-hybridized carbons (Fsp3) is 0.438. The van der Waals surface area contributed by atoms with Gasteiger partial charge in [0.1, 0.15) is 23.0 Å². The Morgan fingerprint density at radius 2 is 2.15 bits per heavy atom. The summed E-state index contributed by atoms with van der Waals surface area (Å²) in [6.07, 6.45) is 5.62. The van der Waals surface area contributed by atoms with Crippen molar-refractivity contribution in [2.24, 2.45) is 0 Å². The van der Waals surface area contributed by atoms with Crippen molar-refractivity contribution in [1.82, 2.24) is 19.7 Å². The lowest BCUT2D eigenvalue weighted by Gasteiger charge is -2.10. The van der Waals surface area contributed by atoms with Crippen LogP contribution in [0.3, 0.4) is 0 Å². The van der Waals surface area contributed by atoms with Crippen molar-refractivity contribution in [3.8, 4) is 0 Å². The molecule has 10 heteroatoms. The van der Waals surface area contributed by atoms with Gasteiger partial charge in [-0.1, -0.05) is 11.3 Å². The van der Waals surface area contributed by atoms with E-state index in [2.05, 4.69) is 20.5 Å². The van der Waals surface area contributed by atoms with E-state index in [0.717, 1.165) is 36.1 Å². The average molecular weight is 391 g/mol. The van der Waals surface area contributed by atoms with Gasteiger partial charge in [-0.05, 0) is 31.2 Å². The van der Waals surface area contributed by atoms with Gasteiger partial charge in [-0.2, -0.15) is 0 Å². The highest BCUT2D eigenvalue weighted by atomic mass is 32.1. The predicted octanol–water partition coefficient (Wildman–Crippen LogP) is 1.97. The molecular formula is C16H17N5O3S2. The standard InChI is InChI=1S/C16H17N5O3S2/c1-24-7-12-19-20-16(26-12)18-11(22)6-21-8-17-14-13(15(21)23)9-4-2-3-5-10(9)25-14/h8H,2-7H2,1H3,(H,18,20,22). The van der Waals surface area contributed by atoms with Crippen LogP contribution in [-0.4, -0.2) is 32.8 Å². The third-order valence-electron chi connectivity index (χ3n) is 4.24. The van der Waals surface area contributed by atoms with Crippen LogP contribution in [0, 0.1) is 0 Å². The molecule has 0 bridgehead atoms. The van der Waals surface area contributed by atoms with Gasteiger partial charge in [0.15, 0.2) is 0 Å². The summed E-state index contributed by atoms with van der Waals surface area (Å²) in [7, 11) is 1.57. The Balaban J connectivity index is 1.55. The number of rotatable bonds is 5. The first-order valence-electron chi connectivity index (χ1n) is 8.26. The molecule has 0 unspecified atom stereocenters. The quantitative estimate of drug-likeness (QED) is 0.714. The summed E-state index contributed by atoms with van der Waals surface area (Å²) in [6, 6.07) is 0. The van der Waals surface area contributed by atoms with Crippen LogP contribution in [0.25, 0.3) is 10.2 Å². The number of carbonyl (C=O) groups excluding carboxylic acids is 1. The van der Waals surface area contributed by atoms with E-state index < -0.39 is 0 Å². The Hall–Kier alpha value is -2.17. The van der Waals surface area contributed by atoms with Crippen LogP contribution in [0.1, 0.15) is 28.3 Å². The van der Waals surface area contributed by atoms with Crippen molar-refractivity contribution in [3.05, 3.63) is 32.1 Å². The van der Waals surface area contributed by atoms with E-state index in [9.17, 15) is 9.59 Å². The first-order chi connectivity index (χ1) is 12.7. The number of ether oxygens (including phenoxy) is 1. The molecule has 0 aliphatic heterocycles. The van der Waals surface area contributed by atoms with Crippen molar-refractivity contribution in [3.63, 3.8) is 0 Å². The number of carbonyl (C=O) groups is 1. The van der Waals surface area contributed by atoms with Gasteiger partial charge in [0.05, 0.1) is 11.7 Å². The van der Waals surface area contributed by atoms with Gasteiger partial charge in [0, 0.05) is 12.0 Å². The van der Waals surface area contributed by atoms with E-state index in [1.807, 2.05) is 0 Å². The van der Waals surface area contributed by atoms with Crippen molar-refractivity contribution in [2.75, 3.05) is 12.4 Å². The molecular weight excluding hydrogens is 374 g/mol. The molecule has 1 aliphatic carbocycles. The first kappa shape index (κ1) is 17.3. The second-order valence-corrected chi connectivity index (χ2v) is 8.20. The predicted molar refractivity (Wildman–Crippen MR) is 99.8 cm³/mol. The topological polar surface area (TPSA) is 99.0 Å². The van der Waals surface area contributed by atoms with E-state index >= 15 is 0 Å². The molecule has 0 fully saturated rings. The van der Waals surface area contributed by atoms with Crippen molar-refractivity contribution in [1.29, 1.82) is 0 Å². The van der Waals surface area contributed by atoms with Gasteiger partial charge in [-0.3, -0.25) is 19.5 Å². The van der Waals surface area contributed by atoms with Crippen LogP contribution in [0.5, 0.6) is 0 Å². The summed E-state index contributed by atoms with van der Waals surface area (Å²) in [6.45, 7) is 0.239. The van der Waals surface area contributed by atoms with E-state index in [-0.39, 0.29) is 18.0 Å². The number of aromatic nitrogens is 4. The minimum Gasteiger partial charge on any atom is -0.377 e. The summed E-state index contributed by atoms with van der Waals surface area (Å²) in [5.74, 6) is -0.336. The number of aryl methyl sites for hydroxylation is 2. The van der Waals surface area contributed by atoms with E-state index in [1.165, 1.54) is 27.1 Å². The van der Waals surface area contributed by atoms with Gasteiger partial charge in [-0.25, -0.2) is 4.98 Å². The largest absolute Gasteiger partial charge is 0.377 e. The fourth-order valence-corrected chi connectivity index (χ4v) is 5.04. The van der Waals surface area contributed by atoms with Gasteiger partial charge < -0.3 is 4.74 Å². The van der Waals surface area contributed by atoms with Gasteiger partial charge in [0.2, 0.25) is 11.0 Å². The summed E-state index contributed by atoms with van der Waals surface area (Å²) in [5.41, 5.74) is 0.971. The Morgan fingerprint density at radius 3 is 3.00 bits per heavy atom. The maximum Gasteiger partial charge on any atom is 0.262 e. The number of nitrogens with one attached hydrogen (secondary N) is 1. The SMILES string of the molecule is COCc1nnc(NC(=O)Cn2cnc3sc4c(c3c2=O)CCCC4)s1. The van der Waals surface area contributed by atoms with Crippen LogP contribution >= 0.6 is 22.7 Å². The van der Waals surface area contributed by atoms with Crippen molar-refractivity contribution >= 4 is 43.9 Å². The number of nitrogens with zero attached hydrogens (tertiary/aromatic N) is 4. The molecule has 1 N–H and O–H groups in total. The van der Waals surface area contributed by atoms with Crippen LogP contribution in [0.15, 0.2) is 11.1 Å². The Morgan fingerprint density at radius 1 is 1.31 bits per heavy atom. The Labute approximate surface area is 156 Å². The van der Waals surface area contributed by atoms with Crippen LogP contribution < -0.4 is 10.9 Å². The number of hydrogen-bond donors (Lipinski definition) is 1. The highest BCUT2D eigenvalue weighted by Gasteiger charge is 2.20.